The smallest absolute Gasteiger partial charge is 0.126 e. The Labute approximate surface area is 94.9 Å². The largest absolute Gasteiger partial charge is 0.339 e. The van der Waals surface area contributed by atoms with Gasteiger partial charge in [-0.05, 0) is 13.8 Å². The molecule has 0 aliphatic heterocycles. The highest BCUT2D eigenvalue weighted by Crippen LogP contribution is 2.15. The summed E-state index contributed by atoms with van der Waals surface area (Å²) in [7, 11) is 0. The number of hydroxylamine groups is 3. The van der Waals surface area contributed by atoms with E-state index in [9.17, 15) is 10.1 Å². The summed E-state index contributed by atoms with van der Waals surface area (Å²) in [5.74, 6) is 0. The van der Waals surface area contributed by atoms with Gasteiger partial charge in [-0.1, -0.05) is 30.3 Å². The predicted octanol–water partition coefficient (Wildman–Crippen LogP) is 2.17. The van der Waals surface area contributed by atoms with Crippen LogP contribution in [0, 0.1) is 10.1 Å². The van der Waals surface area contributed by atoms with Crippen molar-refractivity contribution in [1.29, 1.82) is 0 Å². The van der Waals surface area contributed by atoms with E-state index in [1.54, 1.807) is 0 Å². The van der Waals surface area contributed by atoms with Gasteiger partial charge >= 0.3 is 5.09 Å². The van der Waals surface area contributed by atoms with Crippen molar-refractivity contribution < 1.29 is 14.7 Å². The summed E-state index contributed by atoms with van der Waals surface area (Å²) >= 11 is 0. The monoisotopic (exact) mass is 225 g/mol. The van der Waals surface area contributed by atoms with Crippen molar-refractivity contribution in [2.45, 2.75) is 20.4 Å². The lowest BCUT2D eigenvalue weighted by Gasteiger charge is -2.30. The first kappa shape index (κ1) is 12.4. The molecule has 1 aromatic carbocycles. The molecule has 0 aromatic heterocycles. The number of rotatable bonds is 6. The molecule has 88 valence electrons. The second-order valence-electron chi connectivity index (χ2n) is 3.64. The Morgan fingerprint density at radius 1 is 1.25 bits per heavy atom. The highest BCUT2D eigenvalue weighted by atomic mass is 17.0. The fraction of sp³-hybridized carbons (Fsp3) is 0.455. The molecule has 1 rings (SSSR count). The summed E-state index contributed by atoms with van der Waals surface area (Å²) in [5.41, 5.74) is 1.04. The summed E-state index contributed by atoms with van der Waals surface area (Å²) in [5, 5.41) is 9.78. The minimum absolute atomic E-state index is 0.0109. The van der Waals surface area contributed by atoms with E-state index < -0.39 is 5.09 Å². The maximum Gasteiger partial charge on any atom is 0.339 e. The Bertz CT molecular complexity index is 336. The van der Waals surface area contributed by atoms with Crippen molar-refractivity contribution in [3.8, 4) is 0 Å². The van der Waals surface area contributed by atoms with Crippen molar-refractivity contribution in [3.63, 3.8) is 0 Å². The molecule has 0 radical (unpaired) electrons. The van der Waals surface area contributed by atoms with E-state index in [0.29, 0.717) is 19.6 Å². The molecule has 0 bridgehead atoms. The van der Waals surface area contributed by atoms with Gasteiger partial charge in [0.25, 0.3) is 0 Å². The molecule has 0 spiro atoms. The third-order valence-corrected chi connectivity index (χ3v) is 2.71. The summed E-state index contributed by atoms with van der Waals surface area (Å²) in [4.78, 5) is 15.3. The molecule has 0 atom stereocenters. The zero-order chi connectivity index (χ0) is 12.0. The molecular weight excluding hydrogens is 208 g/mol. The third-order valence-electron chi connectivity index (χ3n) is 2.71. The Morgan fingerprint density at radius 2 is 1.81 bits per heavy atom. The molecule has 0 saturated heterocycles. The van der Waals surface area contributed by atoms with Crippen molar-refractivity contribution in [1.82, 2.24) is 0 Å². The molecule has 0 aliphatic carbocycles. The molecule has 0 saturated carbocycles. The van der Waals surface area contributed by atoms with Gasteiger partial charge in [0.15, 0.2) is 0 Å². The van der Waals surface area contributed by atoms with E-state index in [2.05, 4.69) is 0 Å². The summed E-state index contributed by atoms with van der Waals surface area (Å²) in [6.45, 7) is 5.40. The first-order chi connectivity index (χ1) is 7.62. The van der Waals surface area contributed by atoms with Crippen molar-refractivity contribution in [2.75, 3.05) is 13.1 Å². The molecule has 0 unspecified atom stereocenters. The van der Waals surface area contributed by atoms with Crippen molar-refractivity contribution >= 4 is 0 Å². The second-order valence-corrected chi connectivity index (χ2v) is 3.64. The molecule has 0 aliphatic rings. The maximum absolute atomic E-state index is 10.5. The van der Waals surface area contributed by atoms with E-state index in [0.717, 1.165) is 5.56 Å². The number of quaternary nitrogens is 1. The van der Waals surface area contributed by atoms with Crippen molar-refractivity contribution in [3.05, 3.63) is 46.0 Å². The molecule has 0 N–H and O–H groups in total. The zero-order valence-corrected chi connectivity index (χ0v) is 9.63. The average Bonchev–Trinajstić information content (AvgIpc) is 2.29. The van der Waals surface area contributed by atoms with Gasteiger partial charge in [0.1, 0.15) is 19.6 Å². The second kappa shape index (κ2) is 5.46. The fourth-order valence-corrected chi connectivity index (χ4v) is 1.65. The van der Waals surface area contributed by atoms with Crippen LogP contribution in [0.4, 0.5) is 0 Å². The first-order valence-electron chi connectivity index (χ1n) is 5.36. The number of benzene rings is 1. The lowest BCUT2D eigenvalue weighted by atomic mass is 10.2. The number of hydrogen-bond acceptors (Lipinski definition) is 3. The van der Waals surface area contributed by atoms with Crippen LogP contribution >= 0.6 is 0 Å². The number of hydrogen-bond donors (Lipinski definition) is 0. The topological polar surface area (TPSA) is 52.4 Å². The van der Waals surface area contributed by atoms with Crippen LogP contribution in [0.3, 0.4) is 0 Å². The molecule has 0 heterocycles. The van der Waals surface area contributed by atoms with E-state index in [4.69, 9.17) is 4.94 Å². The highest BCUT2D eigenvalue weighted by molar-refractivity contribution is 5.13. The number of nitrogens with zero attached hydrogens (tertiary/aromatic N) is 2. The van der Waals surface area contributed by atoms with E-state index >= 15 is 0 Å². The molecule has 16 heavy (non-hydrogen) atoms. The van der Waals surface area contributed by atoms with Crippen LogP contribution in [0.1, 0.15) is 19.4 Å². The quantitative estimate of drug-likeness (QED) is 0.423. The van der Waals surface area contributed by atoms with Crippen LogP contribution in [0.25, 0.3) is 0 Å². The van der Waals surface area contributed by atoms with E-state index in [1.165, 1.54) is 0 Å². The standard InChI is InChI=1S/C11H17N2O3/c1-3-13(4-2,16-12(14)15)10-11-8-6-5-7-9-11/h5-9H,3-4,10H2,1-2H3/q+1. The fourth-order valence-electron chi connectivity index (χ4n) is 1.65. The highest BCUT2D eigenvalue weighted by Gasteiger charge is 2.29. The summed E-state index contributed by atoms with van der Waals surface area (Å²) in [6, 6.07) is 9.65. The molecule has 5 heteroatoms. The van der Waals surface area contributed by atoms with Gasteiger partial charge in [-0.25, -0.2) is 0 Å². The van der Waals surface area contributed by atoms with Gasteiger partial charge in [0.2, 0.25) is 0 Å². The summed E-state index contributed by atoms with van der Waals surface area (Å²) in [6.07, 6.45) is 0. The average molecular weight is 225 g/mol. The van der Waals surface area contributed by atoms with Crippen LogP contribution in [-0.2, 0) is 11.5 Å². The molecular formula is C11H17N2O3+. The molecule has 1 aromatic rings. The van der Waals surface area contributed by atoms with Gasteiger partial charge in [-0.15, -0.1) is 19.7 Å². The third kappa shape index (κ3) is 3.20. The zero-order valence-electron chi connectivity index (χ0n) is 9.63. The Hall–Kier alpha value is -1.62. The van der Waals surface area contributed by atoms with Gasteiger partial charge < -0.3 is 0 Å². The SMILES string of the molecule is CC[N+](CC)(Cc1ccccc1)O[N+](=O)[O-]. The minimum atomic E-state index is -0.712. The lowest BCUT2D eigenvalue weighted by Crippen LogP contribution is -2.48. The van der Waals surface area contributed by atoms with Gasteiger partial charge in [-0.2, -0.15) is 0 Å². The Balaban J connectivity index is 2.82. The minimum Gasteiger partial charge on any atom is -0.126 e. The van der Waals surface area contributed by atoms with Crippen LogP contribution in [0.15, 0.2) is 30.3 Å². The van der Waals surface area contributed by atoms with Crippen LogP contribution in [0.5, 0.6) is 0 Å². The normalized spacial score (nSPS) is 11.1. The van der Waals surface area contributed by atoms with Crippen molar-refractivity contribution in [2.24, 2.45) is 0 Å². The van der Waals surface area contributed by atoms with Crippen LogP contribution < -0.4 is 0 Å². The van der Waals surface area contributed by atoms with Gasteiger partial charge in [0.05, 0.1) is 0 Å². The van der Waals surface area contributed by atoms with Crippen LogP contribution in [0.2, 0.25) is 0 Å². The van der Waals surface area contributed by atoms with E-state index in [-0.39, 0.29) is 4.65 Å². The Kier molecular flexibility index (Phi) is 4.25. The molecule has 5 nitrogen and oxygen atoms in total. The lowest BCUT2D eigenvalue weighted by molar-refractivity contribution is -1.24. The maximum atomic E-state index is 10.5. The summed E-state index contributed by atoms with van der Waals surface area (Å²) < 4.78 is 0.0109. The van der Waals surface area contributed by atoms with Crippen LogP contribution in [-0.4, -0.2) is 22.8 Å². The molecule has 0 amide bonds. The van der Waals surface area contributed by atoms with Gasteiger partial charge in [0, 0.05) is 5.56 Å². The first-order valence-corrected chi connectivity index (χ1v) is 5.36. The van der Waals surface area contributed by atoms with Gasteiger partial charge in [-0.3, -0.25) is 0 Å². The predicted molar refractivity (Wildman–Crippen MR) is 59.6 cm³/mol. The molecule has 0 fully saturated rings. The van der Waals surface area contributed by atoms with E-state index in [1.807, 2.05) is 44.2 Å². The Morgan fingerprint density at radius 3 is 2.25 bits per heavy atom.